The topological polar surface area (TPSA) is 101 Å². The Morgan fingerprint density at radius 2 is 1.92 bits per heavy atom. The molecular formula is C16H28N4O3S. The molecule has 0 radical (unpaired) electrons. The molecule has 2 heterocycles. The predicted octanol–water partition coefficient (Wildman–Crippen LogP) is 1.44. The van der Waals surface area contributed by atoms with Gasteiger partial charge in [0.15, 0.2) is 0 Å². The van der Waals surface area contributed by atoms with Crippen molar-refractivity contribution in [2.24, 2.45) is 5.73 Å². The summed E-state index contributed by atoms with van der Waals surface area (Å²) >= 11 is 1.63. The Balaban J connectivity index is 0.000000648. The van der Waals surface area contributed by atoms with Crippen LogP contribution >= 0.6 is 11.8 Å². The van der Waals surface area contributed by atoms with E-state index in [0.717, 1.165) is 18.3 Å². The number of carboxylic acids is 1. The second kappa shape index (κ2) is 8.02. The van der Waals surface area contributed by atoms with Crippen LogP contribution in [0.15, 0.2) is 6.07 Å². The number of likely N-dealkylation sites (tertiary alicyclic amines) is 1. The van der Waals surface area contributed by atoms with E-state index >= 15 is 0 Å². The normalized spacial score (nSPS) is 16.0. The number of aromatic nitrogens is 2. The quantitative estimate of drug-likeness (QED) is 0.846. The van der Waals surface area contributed by atoms with Gasteiger partial charge >= 0.3 is 0 Å². The van der Waals surface area contributed by atoms with E-state index < -0.39 is 12.0 Å². The molecule has 1 atom stereocenters. The highest BCUT2D eigenvalue weighted by molar-refractivity contribution is 8.00. The van der Waals surface area contributed by atoms with E-state index in [1.807, 2.05) is 43.5 Å². The van der Waals surface area contributed by atoms with Crippen LogP contribution in [0.1, 0.15) is 38.2 Å². The van der Waals surface area contributed by atoms with Gasteiger partial charge in [-0.15, -0.1) is 0 Å². The molecule has 0 aliphatic carbocycles. The van der Waals surface area contributed by atoms with Crippen LogP contribution in [-0.2, 0) is 9.59 Å². The van der Waals surface area contributed by atoms with Gasteiger partial charge < -0.3 is 15.7 Å². The van der Waals surface area contributed by atoms with Crippen LogP contribution in [0, 0.1) is 13.8 Å². The zero-order valence-electron chi connectivity index (χ0n) is 15.2. The van der Waals surface area contributed by atoms with Crippen molar-refractivity contribution in [3.8, 4) is 0 Å². The first-order valence-corrected chi connectivity index (χ1v) is 9.03. The van der Waals surface area contributed by atoms with Crippen LogP contribution in [0.3, 0.4) is 0 Å². The molecule has 3 N–H and O–H groups in total. The lowest BCUT2D eigenvalue weighted by Gasteiger charge is -2.43. The van der Waals surface area contributed by atoms with Gasteiger partial charge in [0, 0.05) is 30.5 Å². The van der Waals surface area contributed by atoms with Gasteiger partial charge in [-0.2, -0.15) is 16.9 Å². The maximum Gasteiger partial charge on any atom is 0.300 e. The molecule has 0 bridgehead atoms. The largest absolute Gasteiger partial charge is 0.481 e. The van der Waals surface area contributed by atoms with E-state index in [-0.39, 0.29) is 16.7 Å². The average Bonchev–Trinajstić information content (AvgIpc) is 2.74. The molecule has 7 nitrogen and oxygen atoms in total. The molecule has 1 aromatic rings. The van der Waals surface area contributed by atoms with Crippen molar-refractivity contribution in [1.82, 2.24) is 14.7 Å². The fourth-order valence-corrected chi connectivity index (χ4v) is 2.78. The monoisotopic (exact) mass is 356 g/mol. The zero-order valence-corrected chi connectivity index (χ0v) is 16.1. The molecule has 1 aliphatic heterocycles. The van der Waals surface area contributed by atoms with E-state index in [1.54, 1.807) is 11.8 Å². The molecule has 136 valence electrons. The fourth-order valence-electron chi connectivity index (χ4n) is 2.43. The van der Waals surface area contributed by atoms with Gasteiger partial charge in [0.25, 0.3) is 5.97 Å². The molecule has 2 rings (SSSR count). The summed E-state index contributed by atoms with van der Waals surface area (Å²) in [4.78, 5) is 23.2. The lowest BCUT2D eigenvalue weighted by atomic mass is 9.99. The van der Waals surface area contributed by atoms with Crippen LogP contribution in [0.5, 0.6) is 0 Å². The van der Waals surface area contributed by atoms with Crippen LogP contribution in [0.4, 0.5) is 0 Å². The molecule has 1 aliphatic rings. The van der Waals surface area contributed by atoms with Crippen LogP contribution in [-0.4, -0.2) is 61.8 Å². The highest BCUT2D eigenvalue weighted by Crippen LogP contribution is 2.29. The van der Waals surface area contributed by atoms with Gasteiger partial charge in [-0.25, -0.2) is 0 Å². The Bertz CT molecular complexity index is 590. The van der Waals surface area contributed by atoms with Crippen LogP contribution in [0.2, 0.25) is 0 Å². The number of hydrogen-bond donors (Lipinski definition) is 2. The lowest BCUT2D eigenvalue weighted by molar-refractivity contribution is -0.139. The van der Waals surface area contributed by atoms with Gasteiger partial charge in [-0.05, 0) is 40.0 Å². The number of aryl methyl sites for hydroxylation is 2. The maximum absolute atomic E-state index is 12.4. The van der Waals surface area contributed by atoms with Crippen molar-refractivity contribution in [2.75, 3.05) is 19.3 Å². The highest BCUT2D eigenvalue weighted by Gasteiger charge is 2.40. The van der Waals surface area contributed by atoms with Crippen molar-refractivity contribution in [1.29, 1.82) is 0 Å². The lowest BCUT2D eigenvalue weighted by Crippen LogP contribution is -2.60. The molecule has 1 saturated heterocycles. The number of hydrogen-bond acceptors (Lipinski definition) is 5. The number of rotatable bonds is 4. The van der Waals surface area contributed by atoms with Crippen molar-refractivity contribution < 1.29 is 14.7 Å². The van der Waals surface area contributed by atoms with Gasteiger partial charge in [-0.3, -0.25) is 14.3 Å². The second-order valence-corrected chi connectivity index (χ2v) is 8.03. The fraction of sp³-hybridized carbons (Fsp3) is 0.688. The number of carbonyl (C=O) groups excluding carboxylic acids is 1. The minimum Gasteiger partial charge on any atom is -0.481 e. The molecule has 1 aromatic heterocycles. The Morgan fingerprint density at radius 3 is 2.29 bits per heavy atom. The molecule has 0 spiro atoms. The van der Waals surface area contributed by atoms with Gasteiger partial charge in [0.2, 0.25) is 5.91 Å². The van der Waals surface area contributed by atoms with Crippen molar-refractivity contribution in [3.63, 3.8) is 0 Å². The molecule has 1 amide bonds. The number of aliphatic carboxylic acids is 1. The van der Waals surface area contributed by atoms with Crippen LogP contribution < -0.4 is 5.73 Å². The number of nitrogens with two attached hydrogens (primary N) is 1. The second-order valence-electron chi connectivity index (χ2n) is 6.57. The summed E-state index contributed by atoms with van der Waals surface area (Å²) in [6, 6.07) is 1.89. The smallest absolute Gasteiger partial charge is 0.300 e. The molecule has 8 heteroatoms. The summed E-state index contributed by atoms with van der Waals surface area (Å²) in [5, 5.41) is 11.9. The molecule has 0 unspecified atom stereocenters. The van der Waals surface area contributed by atoms with Crippen LogP contribution in [0.25, 0.3) is 0 Å². The SMILES string of the molecule is CC(=O)O.CSC(C)(C)[C@H](N)C(=O)N1CC(n2nc(C)cc2C)C1. The number of carbonyl (C=O) groups is 2. The zero-order chi connectivity index (χ0) is 18.7. The predicted molar refractivity (Wildman–Crippen MR) is 96.2 cm³/mol. The highest BCUT2D eigenvalue weighted by atomic mass is 32.2. The number of carboxylic acid groups (broad SMARTS) is 1. The van der Waals surface area contributed by atoms with Crippen molar-refractivity contribution in [3.05, 3.63) is 17.5 Å². The number of thioether (sulfide) groups is 1. The van der Waals surface area contributed by atoms with E-state index in [2.05, 4.69) is 11.2 Å². The first kappa shape index (κ1) is 20.5. The summed E-state index contributed by atoms with van der Waals surface area (Å²) in [5.41, 5.74) is 8.27. The molecular weight excluding hydrogens is 328 g/mol. The Hall–Kier alpha value is -1.54. The van der Waals surface area contributed by atoms with Gasteiger partial charge in [-0.1, -0.05) is 0 Å². The minimum absolute atomic E-state index is 0.0436. The van der Waals surface area contributed by atoms with Gasteiger partial charge in [0.05, 0.1) is 17.8 Å². The summed E-state index contributed by atoms with van der Waals surface area (Å²) in [6.07, 6.45) is 1.99. The molecule has 0 saturated carbocycles. The third kappa shape index (κ3) is 4.98. The summed E-state index contributed by atoms with van der Waals surface area (Å²) in [5.74, 6) is -0.790. The summed E-state index contributed by atoms with van der Waals surface area (Å²) < 4.78 is 1.78. The molecule has 0 aromatic carbocycles. The summed E-state index contributed by atoms with van der Waals surface area (Å²) in [7, 11) is 0. The third-order valence-corrected chi connectivity index (χ3v) is 5.41. The molecule has 1 fully saturated rings. The van der Waals surface area contributed by atoms with Crippen molar-refractivity contribution >= 4 is 23.6 Å². The average molecular weight is 356 g/mol. The summed E-state index contributed by atoms with van der Waals surface area (Å²) in [6.45, 7) is 10.6. The first-order valence-electron chi connectivity index (χ1n) is 7.81. The maximum atomic E-state index is 12.4. The first-order chi connectivity index (χ1) is 11.0. The standard InChI is InChI=1S/C14H24N4OS.C2H4O2/c1-9-6-10(2)18(16-9)11-7-17(8-11)13(19)12(15)14(3,4)20-5;1-2(3)4/h6,11-12H,7-8,15H2,1-5H3;1H3,(H,3,4)/t12-;/m1./s1. The Morgan fingerprint density at radius 1 is 1.42 bits per heavy atom. The molecule has 24 heavy (non-hydrogen) atoms. The van der Waals surface area contributed by atoms with E-state index in [1.165, 1.54) is 0 Å². The minimum atomic E-state index is -0.833. The van der Waals surface area contributed by atoms with E-state index in [9.17, 15) is 4.79 Å². The van der Waals surface area contributed by atoms with Crippen molar-refractivity contribution in [2.45, 2.75) is 51.4 Å². The van der Waals surface area contributed by atoms with Gasteiger partial charge in [0.1, 0.15) is 0 Å². The Labute approximate surface area is 147 Å². The van der Waals surface area contributed by atoms with E-state index in [4.69, 9.17) is 15.6 Å². The van der Waals surface area contributed by atoms with E-state index in [0.29, 0.717) is 13.1 Å². The number of amides is 1. The number of nitrogens with zero attached hydrogens (tertiary/aromatic N) is 3. The third-order valence-electron chi connectivity index (χ3n) is 4.11. The Kier molecular flexibility index (Phi) is 6.86.